The lowest BCUT2D eigenvalue weighted by Crippen LogP contribution is -2.10. The Labute approximate surface area is 120 Å². The highest BCUT2D eigenvalue weighted by Crippen LogP contribution is 2.30. The van der Waals surface area contributed by atoms with Crippen molar-refractivity contribution in [2.45, 2.75) is 4.21 Å². The molecule has 1 N–H and O–H groups in total. The molecule has 9 heteroatoms. The van der Waals surface area contributed by atoms with Gasteiger partial charge in [-0.3, -0.25) is 4.72 Å². The molecule has 0 amide bonds. The number of hydrogen-bond donors (Lipinski definition) is 1. The SMILES string of the molecule is O=S(=O)(Nc1nc2c(F)cc(F)cc2s1)c1cccs1. The molecule has 0 radical (unpaired) electrons. The van der Waals surface area contributed by atoms with Crippen LogP contribution < -0.4 is 4.72 Å². The lowest BCUT2D eigenvalue weighted by Gasteiger charge is -2.00. The summed E-state index contributed by atoms with van der Waals surface area (Å²) in [7, 11) is -3.74. The number of aromatic nitrogens is 1. The van der Waals surface area contributed by atoms with E-state index in [1.165, 1.54) is 6.07 Å². The van der Waals surface area contributed by atoms with Crippen molar-refractivity contribution in [1.29, 1.82) is 0 Å². The smallest absolute Gasteiger partial charge is 0.254 e. The van der Waals surface area contributed by atoms with E-state index in [1.54, 1.807) is 11.4 Å². The summed E-state index contributed by atoms with van der Waals surface area (Å²) in [6, 6.07) is 4.87. The fourth-order valence-corrected chi connectivity index (χ4v) is 4.72. The monoisotopic (exact) mass is 332 g/mol. The molecule has 3 rings (SSSR count). The molecule has 0 aliphatic heterocycles. The average molecular weight is 332 g/mol. The molecule has 2 aromatic heterocycles. The standard InChI is InChI=1S/C11H6F2N2O2S3/c12-6-4-7(13)10-8(5-6)19-11(14-10)15-20(16,17)9-2-1-3-18-9/h1-5H,(H,14,15). The molecule has 0 aliphatic rings. The van der Waals surface area contributed by atoms with Crippen molar-refractivity contribution in [3.05, 3.63) is 41.3 Å². The second-order valence-electron chi connectivity index (χ2n) is 3.79. The quantitative estimate of drug-likeness (QED) is 0.799. The van der Waals surface area contributed by atoms with Gasteiger partial charge >= 0.3 is 0 Å². The predicted octanol–water partition coefficient (Wildman–Crippen LogP) is 3.44. The van der Waals surface area contributed by atoms with E-state index in [1.807, 2.05) is 0 Å². The molecule has 0 saturated heterocycles. The van der Waals surface area contributed by atoms with Crippen LogP contribution in [0.5, 0.6) is 0 Å². The van der Waals surface area contributed by atoms with Crippen LogP contribution in [-0.4, -0.2) is 13.4 Å². The summed E-state index contributed by atoms with van der Waals surface area (Å²) < 4.78 is 53.2. The molecule has 0 spiro atoms. The first kappa shape index (κ1) is 13.4. The van der Waals surface area contributed by atoms with Gasteiger partial charge in [0.2, 0.25) is 0 Å². The highest BCUT2D eigenvalue weighted by molar-refractivity contribution is 7.94. The number of thiophene rings is 1. The van der Waals surface area contributed by atoms with Gasteiger partial charge < -0.3 is 0 Å². The molecule has 2 heterocycles. The van der Waals surface area contributed by atoms with E-state index in [2.05, 4.69) is 9.71 Å². The molecular weight excluding hydrogens is 326 g/mol. The maximum Gasteiger partial charge on any atom is 0.273 e. The Morgan fingerprint density at radius 3 is 2.75 bits per heavy atom. The molecule has 0 bridgehead atoms. The summed E-state index contributed by atoms with van der Waals surface area (Å²) in [6.07, 6.45) is 0. The number of halogens is 2. The van der Waals surface area contributed by atoms with Gasteiger partial charge in [0.1, 0.15) is 15.5 Å². The topological polar surface area (TPSA) is 59.1 Å². The number of nitrogens with one attached hydrogen (secondary N) is 1. The number of benzene rings is 1. The number of nitrogens with zero attached hydrogens (tertiary/aromatic N) is 1. The fourth-order valence-electron chi connectivity index (χ4n) is 1.58. The van der Waals surface area contributed by atoms with E-state index in [-0.39, 0.29) is 19.6 Å². The summed E-state index contributed by atoms with van der Waals surface area (Å²) >= 11 is 1.93. The molecule has 0 aliphatic carbocycles. The van der Waals surface area contributed by atoms with Crippen LogP contribution in [0.15, 0.2) is 33.9 Å². The van der Waals surface area contributed by atoms with Gasteiger partial charge in [0.15, 0.2) is 10.9 Å². The third-order valence-electron chi connectivity index (χ3n) is 2.39. The summed E-state index contributed by atoms with van der Waals surface area (Å²) in [5.74, 6) is -1.55. The zero-order valence-corrected chi connectivity index (χ0v) is 12.1. The summed E-state index contributed by atoms with van der Waals surface area (Å²) in [4.78, 5) is 3.84. The minimum absolute atomic E-state index is 0.00194. The Hall–Kier alpha value is -1.58. The number of thiazole rings is 1. The van der Waals surface area contributed by atoms with E-state index in [9.17, 15) is 17.2 Å². The molecule has 0 atom stereocenters. The van der Waals surface area contributed by atoms with Crippen molar-refractivity contribution < 1.29 is 17.2 Å². The van der Waals surface area contributed by atoms with E-state index < -0.39 is 21.7 Å². The molecule has 0 unspecified atom stereocenters. The molecule has 0 saturated carbocycles. The van der Waals surface area contributed by atoms with E-state index in [0.717, 1.165) is 28.7 Å². The van der Waals surface area contributed by atoms with Crippen molar-refractivity contribution in [2.24, 2.45) is 0 Å². The zero-order chi connectivity index (χ0) is 14.3. The van der Waals surface area contributed by atoms with Crippen molar-refractivity contribution in [1.82, 2.24) is 4.98 Å². The first-order valence-corrected chi connectivity index (χ1v) is 8.45. The molecule has 4 nitrogen and oxygen atoms in total. The van der Waals surface area contributed by atoms with Crippen LogP contribution in [0.25, 0.3) is 10.2 Å². The lowest BCUT2D eigenvalue weighted by molar-refractivity contribution is 0.591. The minimum Gasteiger partial charge on any atom is -0.254 e. The lowest BCUT2D eigenvalue weighted by atomic mass is 10.3. The number of rotatable bonds is 3. The van der Waals surface area contributed by atoms with Gasteiger partial charge in [-0.05, 0) is 17.5 Å². The predicted molar refractivity (Wildman–Crippen MR) is 74.7 cm³/mol. The van der Waals surface area contributed by atoms with Gasteiger partial charge in [-0.15, -0.1) is 11.3 Å². The van der Waals surface area contributed by atoms with Crippen molar-refractivity contribution in [3.8, 4) is 0 Å². The van der Waals surface area contributed by atoms with E-state index in [0.29, 0.717) is 6.07 Å². The van der Waals surface area contributed by atoms with E-state index >= 15 is 0 Å². The second kappa shape index (κ2) is 4.76. The third kappa shape index (κ3) is 2.39. The maximum absolute atomic E-state index is 13.5. The van der Waals surface area contributed by atoms with Crippen molar-refractivity contribution >= 4 is 48.0 Å². The molecule has 20 heavy (non-hydrogen) atoms. The zero-order valence-electron chi connectivity index (χ0n) is 9.63. The minimum atomic E-state index is -3.74. The van der Waals surface area contributed by atoms with Gasteiger partial charge in [0.05, 0.1) is 4.70 Å². The van der Waals surface area contributed by atoms with Crippen molar-refractivity contribution in [2.75, 3.05) is 4.72 Å². The van der Waals surface area contributed by atoms with Gasteiger partial charge in [-0.1, -0.05) is 17.4 Å². The van der Waals surface area contributed by atoms with Gasteiger partial charge in [0, 0.05) is 6.07 Å². The van der Waals surface area contributed by atoms with Gasteiger partial charge in [0.25, 0.3) is 10.0 Å². The summed E-state index contributed by atoms with van der Waals surface area (Å²) in [5.41, 5.74) is -0.0553. The largest absolute Gasteiger partial charge is 0.273 e. The summed E-state index contributed by atoms with van der Waals surface area (Å²) in [5, 5.41) is 1.62. The van der Waals surface area contributed by atoms with E-state index in [4.69, 9.17) is 0 Å². The van der Waals surface area contributed by atoms with Gasteiger partial charge in [-0.2, -0.15) is 0 Å². The maximum atomic E-state index is 13.5. The van der Waals surface area contributed by atoms with Crippen molar-refractivity contribution in [3.63, 3.8) is 0 Å². The van der Waals surface area contributed by atoms with Crippen LogP contribution in [0.3, 0.4) is 0 Å². The van der Waals surface area contributed by atoms with Crippen LogP contribution >= 0.6 is 22.7 Å². The molecular formula is C11H6F2N2O2S3. The summed E-state index contributed by atoms with van der Waals surface area (Å²) in [6.45, 7) is 0. The second-order valence-corrected chi connectivity index (χ2v) is 7.68. The Bertz CT molecular complexity index is 873. The average Bonchev–Trinajstić information content (AvgIpc) is 2.96. The number of fused-ring (bicyclic) bond motifs is 1. The van der Waals surface area contributed by atoms with Crippen LogP contribution in [0, 0.1) is 11.6 Å². The number of sulfonamides is 1. The molecule has 1 aromatic carbocycles. The first-order chi connectivity index (χ1) is 9.45. The van der Waals surface area contributed by atoms with Gasteiger partial charge in [-0.25, -0.2) is 22.2 Å². The number of anilines is 1. The molecule has 3 aromatic rings. The third-order valence-corrected chi connectivity index (χ3v) is 6.18. The fraction of sp³-hybridized carbons (Fsp3) is 0. The van der Waals surface area contributed by atoms with Crippen LogP contribution in [-0.2, 0) is 10.0 Å². The molecule has 104 valence electrons. The normalized spacial score (nSPS) is 11.9. The Morgan fingerprint density at radius 2 is 2.05 bits per heavy atom. The highest BCUT2D eigenvalue weighted by Gasteiger charge is 2.18. The van der Waals surface area contributed by atoms with Crippen LogP contribution in [0.2, 0.25) is 0 Å². The Kier molecular flexibility index (Phi) is 3.19. The van der Waals surface area contributed by atoms with Crippen LogP contribution in [0.4, 0.5) is 13.9 Å². The molecule has 0 fully saturated rings. The highest BCUT2D eigenvalue weighted by atomic mass is 32.2. The number of hydrogen-bond acceptors (Lipinski definition) is 5. The first-order valence-electron chi connectivity index (χ1n) is 5.27. The van der Waals surface area contributed by atoms with Crippen LogP contribution in [0.1, 0.15) is 0 Å². The Balaban J connectivity index is 2.02. The Morgan fingerprint density at radius 1 is 1.25 bits per heavy atom.